The van der Waals surface area contributed by atoms with Crippen LogP contribution >= 0.6 is 0 Å². The molecule has 4 unspecified atom stereocenters. The quantitative estimate of drug-likeness (QED) is 0.939. The summed E-state index contributed by atoms with van der Waals surface area (Å²) in [6.07, 6.45) is 4.49. The van der Waals surface area contributed by atoms with Gasteiger partial charge in [-0.05, 0) is 24.5 Å². The van der Waals surface area contributed by atoms with Gasteiger partial charge in [-0.3, -0.25) is 9.78 Å². The number of pyridine rings is 1. The van der Waals surface area contributed by atoms with Crippen molar-refractivity contribution in [3.05, 3.63) is 65.7 Å². The van der Waals surface area contributed by atoms with Crippen LogP contribution in [0, 0.1) is 17.7 Å². The van der Waals surface area contributed by atoms with Crippen LogP contribution in [-0.2, 0) is 11.2 Å². The van der Waals surface area contributed by atoms with Crippen molar-refractivity contribution >= 4 is 5.91 Å². The predicted octanol–water partition coefficient (Wildman–Crippen LogP) is 2.60. The number of rotatable bonds is 4. The van der Waals surface area contributed by atoms with E-state index >= 15 is 0 Å². The molecular formula is C19H19FN2O2. The number of benzene rings is 1. The molecule has 124 valence electrons. The molecule has 2 fully saturated rings. The zero-order valence-electron chi connectivity index (χ0n) is 13.2. The van der Waals surface area contributed by atoms with E-state index in [-0.39, 0.29) is 29.5 Å². The Morgan fingerprint density at radius 2 is 2.12 bits per heavy atom. The Bertz CT molecular complexity index is 737. The number of carbonyl (C=O) groups excluding carboxylic acids is 1. The number of aromatic nitrogens is 1. The van der Waals surface area contributed by atoms with Crippen LogP contribution in [0.15, 0.2) is 48.8 Å². The van der Waals surface area contributed by atoms with Crippen LogP contribution in [0.1, 0.15) is 22.3 Å². The number of hydrogen-bond donors (Lipinski definition) is 1. The van der Waals surface area contributed by atoms with Gasteiger partial charge in [0.15, 0.2) is 5.82 Å². The molecule has 0 spiro atoms. The first kappa shape index (κ1) is 15.3. The second kappa shape index (κ2) is 6.32. The molecule has 1 saturated carbocycles. The summed E-state index contributed by atoms with van der Waals surface area (Å²) in [5, 5.41) is 3.03. The van der Waals surface area contributed by atoms with E-state index in [0.717, 1.165) is 25.6 Å². The lowest BCUT2D eigenvalue weighted by atomic mass is 9.64. The lowest BCUT2D eigenvalue weighted by Crippen LogP contribution is -2.62. The molecule has 2 heterocycles. The third kappa shape index (κ3) is 2.69. The van der Waals surface area contributed by atoms with Crippen molar-refractivity contribution in [2.75, 3.05) is 6.61 Å². The van der Waals surface area contributed by atoms with Gasteiger partial charge in [-0.1, -0.05) is 30.3 Å². The van der Waals surface area contributed by atoms with Gasteiger partial charge >= 0.3 is 0 Å². The number of fused-ring (bicyclic) bond motifs is 1. The number of amides is 1. The maximum Gasteiger partial charge on any atom is 0.254 e. The molecular weight excluding hydrogens is 307 g/mol. The number of hydrogen-bond acceptors (Lipinski definition) is 3. The average molecular weight is 326 g/mol. The second-order valence-electron chi connectivity index (χ2n) is 6.50. The minimum Gasteiger partial charge on any atom is -0.377 e. The molecule has 1 N–H and O–H groups in total. The number of carbonyl (C=O) groups is 1. The van der Waals surface area contributed by atoms with E-state index in [0.29, 0.717) is 5.92 Å². The van der Waals surface area contributed by atoms with E-state index in [1.54, 1.807) is 0 Å². The molecule has 4 atom stereocenters. The van der Waals surface area contributed by atoms with Crippen LogP contribution < -0.4 is 5.32 Å². The number of nitrogens with zero attached hydrogens (tertiary/aromatic N) is 1. The van der Waals surface area contributed by atoms with Gasteiger partial charge in [0.05, 0.1) is 17.9 Å². The van der Waals surface area contributed by atoms with Crippen molar-refractivity contribution in [1.82, 2.24) is 10.3 Å². The summed E-state index contributed by atoms with van der Waals surface area (Å²) in [6, 6.07) is 11.6. The molecule has 4 rings (SSSR count). The fourth-order valence-corrected chi connectivity index (χ4v) is 3.96. The molecule has 1 aliphatic heterocycles. The predicted molar refractivity (Wildman–Crippen MR) is 86.9 cm³/mol. The van der Waals surface area contributed by atoms with Crippen LogP contribution in [-0.4, -0.2) is 29.6 Å². The molecule has 5 heteroatoms. The summed E-state index contributed by atoms with van der Waals surface area (Å²) in [7, 11) is 0. The minimum absolute atomic E-state index is 0.0257. The zero-order valence-corrected chi connectivity index (χ0v) is 13.2. The van der Waals surface area contributed by atoms with Gasteiger partial charge in [0.2, 0.25) is 0 Å². The topological polar surface area (TPSA) is 51.2 Å². The normalized spacial score (nSPS) is 28.0. The van der Waals surface area contributed by atoms with Crippen molar-refractivity contribution in [3.8, 4) is 0 Å². The molecule has 2 aliphatic rings. The minimum atomic E-state index is -0.590. The van der Waals surface area contributed by atoms with E-state index in [1.165, 1.54) is 17.8 Å². The highest BCUT2D eigenvalue weighted by atomic mass is 19.1. The number of ether oxygens (including phenoxy) is 1. The summed E-state index contributed by atoms with van der Waals surface area (Å²) < 4.78 is 19.6. The fourth-order valence-electron chi connectivity index (χ4n) is 3.96. The summed E-state index contributed by atoms with van der Waals surface area (Å²) in [4.78, 5) is 16.1. The zero-order chi connectivity index (χ0) is 16.5. The summed E-state index contributed by atoms with van der Waals surface area (Å²) in [5.74, 6) is -0.405. The van der Waals surface area contributed by atoms with Gasteiger partial charge in [0.1, 0.15) is 0 Å². The molecule has 1 amide bonds. The molecule has 2 aromatic rings. The van der Waals surface area contributed by atoms with E-state index in [9.17, 15) is 9.18 Å². The highest BCUT2D eigenvalue weighted by Crippen LogP contribution is 2.45. The van der Waals surface area contributed by atoms with Crippen molar-refractivity contribution in [3.63, 3.8) is 0 Å². The molecule has 4 nitrogen and oxygen atoms in total. The van der Waals surface area contributed by atoms with Crippen LogP contribution in [0.5, 0.6) is 0 Å². The maximum absolute atomic E-state index is 13.8. The molecule has 1 aliphatic carbocycles. The highest BCUT2D eigenvalue weighted by molar-refractivity contribution is 5.94. The van der Waals surface area contributed by atoms with E-state index < -0.39 is 5.82 Å². The lowest BCUT2D eigenvalue weighted by molar-refractivity contribution is -0.0528. The highest BCUT2D eigenvalue weighted by Gasteiger charge is 2.54. The number of halogens is 1. The van der Waals surface area contributed by atoms with Gasteiger partial charge in [0, 0.05) is 30.7 Å². The Morgan fingerprint density at radius 1 is 1.29 bits per heavy atom. The van der Waals surface area contributed by atoms with Crippen LogP contribution in [0.4, 0.5) is 4.39 Å². The first-order valence-corrected chi connectivity index (χ1v) is 8.30. The van der Waals surface area contributed by atoms with E-state index in [2.05, 4.69) is 22.4 Å². The standard InChI is InChI=1S/C19H19FN2O2/c20-16-11-21-8-6-13(16)19(23)22-17-14-7-9-24-18(14)15(17)10-12-4-2-1-3-5-12/h1-6,8,11,14-15,17-18H,7,9-10H2,(H,22,23). The third-order valence-electron chi connectivity index (χ3n) is 5.16. The monoisotopic (exact) mass is 326 g/mol. The Labute approximate surface area is 140 Å². The van der Waals surface area contributed by atoms with Gasteiger partial charge in [0.25, 0.3) is 5.91 Å². The largest absolute Gasteiger partial charge is 0.377 e. The SMILES string of the molecule is O=C(NC1C2CCOC2C1Cc1ccccc1)c1ccncc1F. The van der Waals surface area contributed by atoms with Gasteiger partial charge < -0.3 is 10.1 Å². The van der Waals surface area contributed by atoms with Crippen LogP contribution in [0.3, 0.4) is 0 Å². The van der Waals surface area contributed by atoms with Crippen molar-refractivity contribution < 1.29 is 13.9 Å². The number of nitrogens with one attached hydrogen (secondary N) is 1. The Hall–Kier alpha value is -2.27. The molecule has 1 aromatic carbocycles. The lowest BCUT2D eigenvalue weighted by Gasteiger charge is -2.48. The van der Waals surface area contributed by atoms with Gasteiger partial charge in [-0.25, -0.2) is 4.39 Å². The van der Waals surface area contributed by atoms with Crippen molar-refractivity contribution in [2.45, 2.75) is 25.0 Å². The molecule has 1 aromatic heterocycles. The first-order chi connectivity index (χ1) is 11.7. The van der Waals surface area contributed by atoms with Crippen LogP contribution in [0.2, 0.25) is 0 Å². The fraction of sp³-hybridized carbons (Fsp3) is 0.368. The molecule has 24 heavy (non-hydrogen) atoms. The smallest absolute Gasteiger partial charge is 0.254 e. The third-order valence-corrected chi connectivity index (χ3v) is 5.16. The first-order valence-electron chi connectivity index (χ1n) is 8.30. The molecule has 0 radical (unpaired) electrons. The van der Waals surface area contributed by atoms with Crippen molar-refractivity contribution in [2.24, 2.45) is 11.8 Å². The Balaban J connectivity index is 1.50. The van der Waals surface area contributed by atoms with Crippen molar-refractivity contribution in [1.29, 1.82) is 0 Å². The molecule has 1 saturated heterocycles. The average Bonchev–Trinajstić information content (AvgIpc) is 3.03. The van der Waals surface area contributed by atoms with E-state index in [4.69, 9.17) is 4.74 Å². The molecule has 0 bridgehead atoms. The van der Waals surface area contributed by atoms with Gasteiger partial charge in [-0.15, -0.1) is 0 Å². The Kier molecular flexibility index (Phi) is 4.02. The summed E-state index contributed by atoms with van der Waals surface area (Å²) in [5.41, 5.74) is 1.27. The van der Waals surface area contributed by atoms with E-state index in [1.807, 2.05) is 18.2 Å². The summed E-state index contributed by atoms with van der Waals surface area (Å²) >= 11 is 0. The van der Waals surface area contributed by atoms with Gasteiger partial charge in [-0.2, -0.15) is 0 Å². The second-order valence-corrected chi connectivity index (χ2v) is 6.50. The maximum atomic E-state index is 13.8. The summed E-state index contributed by atoms with van der Waals surface area (Å²) in [6.45, 7) is 0.733. The Morgan fingerprint density at radius 3 is 2.92 bits per heavy atom. The van der Waals surface area contributed by atoms with Crippen LogP contribution in [0.25, 0.3) is 0 Å².